The number of hydrogen-bond donors (Lipinski definition) is 3. The predicted molar refractivity (Wildman–Crippen MR) is 156 cm³/mol. The Labute approximate surface area is 262 Å². The Hall–Kier alpha value is -3.48. The van der Waals surface area contributed by atoms with Crippen molar-refractivity contribution in [2.75, 3.05) is 31.7 Å². The predicted octanol–water partition coefficient (Wildman–Crippen LogP) is 2.58. The second-order valence-electron chi connectivity index (χ2n) is 9.05. The second kappa shape index (κ2) is 14.7. The molecule has 0 aliphatic rings. The van der Waals surface area contributed by atoms with Gasteiger partial charge in [-0.25, -0.2) is 26.3 Å². The zero-order valence-corrected chi connectivity index (χ0v) is 26.9. The van der Waals surface area contributed by atoms with Crippen molar-refractivity contribution in [3.8, 4) is 11.6 Å². The average Bonchev–Trinajstić information content (AvgIpc) is 3.25. The van der Waals surface area contributed by atoms with E-state index in [0.29, 0.717) is 12.0 Å². The summed E-state index contributed by atoms with van der Waals surface area (Å²) >= 11 is 0.424. The Bertz CT molecular complexity index is 1890. The molecule has 45 heavy (non-hydrogen) atoms. The highest BCUT2D eigenvalue weighted by molar-refractivity contribution is 7.95. The number of carbonyl (C=O) groups excluding carboxylic acids is 1. The molecule has 0 saturated carbocycles. The summed E-state index contributed by atoms with van der Waals surface area (Å²) in [6, 6.07) is 8.76. The number of sulfone groups is 2. The third kappa shape index (κ3) is 9.75. The number of aromatic nitrogens is 2. The average molecular weight is 710 g/mol. The van der Waals surface area contributed by atoms with Crippen LogP contribution in [0.1, 0.15) is 12.6 Å². The molecule has 0 aliphatic carbocycles. The van der Waals surface area contributed by atoms with Gasteiger partial charge in [-0.1, -0.05) is 5.04 Å². The number of carbonyl (C=O) groups is 1. The smallest absolute Gasteiger partial charge is 0.397 e. The summed E-state index contributed by atoms with van der Waals surface area (Å²) in [5, 5.41) is 35.3. The highest BCUT2D eigenvalue weighted by atomic mass is 32.3. The summed E-state index contributed by atoms with van der Waals surface area (Å²) in [6.07, 6.45) is 0. The number of rotatable bonds is 15. The lowest BCUT2D eigenvalue weighted by Gasteiger charge is -2.15. The molecule has 1 aromatic heterocycles. The largest absolute Gasteiger partial charge is 0.492 e. The minimum atomic E-state index is -4.80. The molecule has 0 saturated heterocycles. The van der Waals surface area contributed by atoms with Crippen LogP contribution in [0.25, 0.3) is 5.69 Å². The summed E-state index contributed by atoms with van der Waals surface area (Å²) in [5.74, 6) is -1.89. The topological polar surface area (TPSA) is 254 Å². The minimum absolute atomic E-state index is 0.0506. The summed E-state index contributed by atoms with van der Waals surface area (Å²) in [7, 11) is -11.2. The molecule has 0 atom stereocenters. The van der Waals surface area contributed by atoms with Crippen LogP contribution in [-0.4, -0.2) is 92.5 Å². The van der Waals surface area contributed by atoms with Gasteiger partial charge in [-0.05, 0) is 49.4 Å². The Morgan fingerprint density at radius 2 is 1.62 bits per heavy atom. The fourth-order valence-corrected chi connectivity index (χ4v) is 6.85. The van der Waals surface area contributed by atoms with Gasteiger partial charge in [0.2, 0.25) is 11.8 Å². The van der Waals surface area contributed by atoms with Crippen LogP contribution in [0.5, 0.6) is 5.88 Å². The molecule has 0 unspecified atom stereocenters. The number of aromatic hydroxyl groups is 1. The standard InChI is InChI=1S/C23H27N5O13S4/c1-15-22(23(30)28(26-15)17-4-6-18(7-5-17)44(34,35)13-11-39-45(36,37)38)25-24-20-9-8-19(14-21(20)42-41-40-31)43(32,33)12-10-27(3)16(2)29/h4-9,14,30-31H,10-13H2,1-3H3,(H,36,37,38). The van der Waals surface area contributed by atoms with E-state index < -0.39 is 48.3 Å². The molecule has 3 N–H and O–H groups in total. The van der Waals surface area contributed by atoms with E-state index in [9.17, 15) is 35.2 Å². The van der Waals surface area contributed by atoms with Gasteiger partial charge in [0.25, 0.3) is 0 Å². The van der Waals surface area contributed by atoms with Crippen molar-refractivity contribution in [1.82, 2.24) is 14.7 Å². The van der Waals surface area contributed by atoms with Crippen LogP contribution >= 0.6 is 12.0 Å². The molecule has 3 rings (SSSR count). The van der Waals surface area contributed by atoms with E-state index in [0.717, 1.165) is 4.68 Å². The number of hydrogen-bond acceptors (Lipinski definition) is 16. The molecule has 0 aliphatic heterocycles. The van der Waals surface area contributed by atoms with E-state index in [1.807, 2.05) is 0 Å². The molecular formula is C23H27N5O13S4. The lowest BCUT2D eigenvalue weighted by Crippen LogP contribution is -2.29. The number of aryl methyl sites for hydroxylation is 1. The van der Waals surface area contributed by atoms with Crippen molar-refractivity contribution in [1.29, 1.82) is 0 Å². The molecule has 3 aromatic rings. The maximum Gasteiger partial charge on any atom is 0.397 e. The van der Waals surface area contributed by atoms with Crippen LogP contribution < -0.4 is 0 Å². The molecular weight excluding hydrogens is 683 g/mol. The van der Waals surface area contributed by atoms with Crippen molar-refractivity contribution in [2.45, 2.75) is 28.5 Å². The van der Waals surface area contributed by atoms with Crippen molar-refractivity contribution >= 4 is 59.4 Å². The maximum absolute atomic E-state index is 12.8. The van der Waals surface area contributed by atoms with Crippen LogP contribution in [0.4, 0.5) is 11.4 Å². The van der Waals surface area contributed by atoms with Crippen LogP contribution in [0, 0.1) is 6.92 Å². The van der Waals surface area contributed by atoms with Crippen molar-refractivity contribution in [3.05, 3.63) is 48.2 Å². The normalized spacial score (nSPS) is 12.6. The summed E-state index contributed by atoms with van der Waals surface area (Å²) in [5.41, 5.74) is 0.386. The zero-order chi connectivity index (χ0) is 33.6. The maximum atomic E-state index is 12.8. The molecule has 22 heteroatoms. The SMILES string of the molecule is CC(=O)N(C)CCS(=O)(=O)c1ccc(N=Nc2c(C)nn(-c3ccc(S(=O)(=O)CCOS(=O)(=O)O)cc3)c2O)c(SOOO)c1. The van der Waals surface area contributed by atoms with Gasteiger partial charge in [-0.15, -0.1) is 14.6 Å². The first-order chi connectivity index (χ1) is 20.9. The molecule has 18 nitrogen and oxygen atoms in total. The molecule has 0 spiro atoms. The van der Waals surface area contributed by atoms with Gasteiger partial charge in [-0.3, -0.25) is 9.35 Å². The Kier molecular flexibility index (Phi) is 11.8. The highest BCUT2D eigenvalue weighted by Gasteiger charge is 2.21. The monoisotopic (exact) mass is 709 g/mol. The summed E-state index contributed by atoms with van der Waals surface area (Å²) < 4.78 is 90.0. The fourth-order valence-electron chi connectivity index (χ4n) is 3.49. The zero-order valence-electron chi connectivity index (χ0n) is 23.7. The summed E-state index contributed by atoms with van der Waals surface area (Å²) in [4.78, 5) is 12.4. The number of azo groups is 1. The molecule has 0 fully saturated rings. The Morgan fingerprint density at radius 1 is 1.00 bits per heavy atom. The molecule has 246 valence electrons. The van der Waals surface area contributed by atoms with Gasteiger partial charge < -0.3 is 10.0 Å². The first kappa shape index (κ1) is 36.0. The van der Waals surface area contributed by atoms with E-state index >= 15 is 0 Å². The third-order valence-electron chi connectivity index (χ3n) is 5.97. The lowest BCUT2D eigenvalue weighted by molar-refractivity contribution is -0.432. The van der Waals surface area contributed by atoms with Gasteiger partial charge >= 0.3 is 10.4 Å². The number of benzene rings is 2. The van der Waals surface area contributed by atoms with E-state index in [4.69, 9.17) is 9.81 Å². The summed E-state index contributed by atoms with van der Waals surface area (Å²) in [6.45, 7) is 1.96. The van der Waals surface area contributed by atoms with Crippen molar-refractivity contribution < 1.29 is 58.5 Å². The van der Waals surface area contributed by atoms with Gasteiger partial charge in [0.1, 0.15) is 5.69 Å². The first-order valence-corrected chi connectivity index (χ1v) is 17.7. The lowest BCUT2D eigenvalue weighted by atomic mass is 10.3. The van der Waals surface area contributed by atoms with Gasteiger partial charge in [0.15, 0.2) is 25.4 Å². The molecule has 0 radical (unpaired) electrons. The quantitative estimate of drug-likeness (QED) is 0.0674. The van der Waals surface area contributed by atoms with Gasteiger partial charge in [-0.2, -0.15) is 18.2 Å². The third-order valence-corrected chi connectivity index (χ3v) is 10.5. The highest BCUT2D eigenvalue weighted by Crippen LogP contribution is 2.37. The van der Waals surface area contributed by atoms with E-state index in [2.05, 4.69) is 28.9 Å². The van der Waals surface area contributed by atoms with Crippen LogP contribution in [0.3, 0.4) is 0 Å². The molecule has 2 aromatic carbocycles. The Balaban J connectivity index is 1.86. The van der Waals surface area contributed by atoms with Crippen molar-refractivity contribution in [3.63, 3.8) is 0 Å². The fraction of sp³-hybridized carbons (Fsp3) is 0.304. The van der Waals surface area contributed by atoms with Crippen LogP contribution in [0.2, 0.25) is 0 Å². The van der Waals surface area contributed by atoms with E-state index in [-0.39, 0.29) is 55.6 Å². The molecule has 0 bridgehead atoms. The minimum Gasteiger partial charge on any atom is -0.492 e. The van der Waals surface area contributed by atoms with Crippen LogP contribution in [0.15, 0.2) is 67.4 Å². The molecule has 1 heterocycles. The van der Waals surface area contributed by atoms with Gasteiger partial charge in [0, 0.05) is 20.5 Å². The number of nitrogens with zero attached hydrogens (tertiary/aromatic N) is 5. The molecule has 1 amide bonds. The first-order valence-electron chi connectivity index (χ1n) is 12.3. The number of amides is 1. The van der Waals surface area contributed by atoms with E-state index in [1.165, 1.54) is 68.3 Å². The van der Waals surface area contributed by atoms with Gasteiger partial charge in [0.05, 0.1) is 56.2 Å². The van der Waals surface area contributed by atoms with Crippen LogP contribution in [-0.2, 0) is 48.4 Å². The second-order valence-corrected chi connectivity index (χ2v) is 15.1. The van der Waals surface area contributed by atoms with Crippen molar-refractivity contribution in [2.24, 2.45) is 10.2 Å². The Morgan fingerprint density at radius 3 is 2.22 bits per heavy atom. The van der Waals surface area contributed by atoms with E-state index in [1.54, 1.807) is 0 Å².